The third kappa shape index (κ3) is 15.2. The normalized spacial score (nSPS) is 14.8. The third-order valence-electron chi connectivity index (χ3n) is 4.40. The summed E-state index contributed by atoms with van der Waals surface area (Å²) in [6.07, 6.45) is 14.7. The van der Waals surface area contributed by atoms with Gasteiger partial charge in [0.15, 0.2) is 0 Å². The van der Waals surface area contributed by atoms with Gasteiger partial charge in [0.05, 0.1) is 11.4 Å². The molecular formula is C18H38O4S. The summed E-state index contributed by atoms with van der Waals surface area (Å²) in [5, 5.41) is 8.49. The van der Waals surface area contributed by atoms with Crippen molar-refractivity contribution >= 4 is 10.1 Å². The summed E-state index contributed by atoms with van der Waals surface area (Å²) in [6, 6.07) is 0. The molecule has 0 spiro atoms. The van der Waals surface area contributed by atoms with Gasteiger partial charge in [0.1, 0.15) is 0 Å². The Morgan fingerprint density at radius 3 is 1.52 bits per heavy atom. The lowest BCUT2D eigenvalue weighted by Gasteiger charge is -2.15. The van der Waals surface area contributed by atoms with Crippen molar-refractivity contribution in [1.29, 1.82) is 0 Å². The maximum Gasteiger partial charge on any atom is 0.267 e. The van der Waals surface area contributed by atoms with E-state index in [-0.39, 0.29) is 6.42 Å². The number of unbranched alkanes of at least 4 members (excludes halogenated alkanes) is 11. The van der Waals surface area contributed by atoms with Crippen molar-refractivity contribution in [2.75, 3.05) is 0 Å². The minimum Gasteiger partial charge on any atom is -0.393 e. The molecule has 0 aliphatic heterocycles. The summed E-state index contributed by atoms with van der Waals surface area (Å²) in [7, 11) is -4.03. The summed E-state index contributed by atoms with van der Waals surface area (Å²) in [6.45, 7) is 3.79. The van der Waals surface area contributed by atoms with E-state index in [0.29, 0.717) is 6.42 Å². The van der Waals surface area contributed by atoms with Crippen molar-refractivity contribution < 1.29 is 18.1 Å². The molecule has 0 saturated carbocycles. The average molecular weight is 351 g/mol. The highest BCUT2D eigenvalue weighted by Crippen LogP contribution is 2.17. The third-order valence-corrected chi connectivity index (χ3v) is 5.68. The Morgan fingerprint density at radius 1 is 0.783 bits per heavy atom. The summed E-state index contributed by atoms with van der Waals surface area (Å²) < 4.78 is 31.7. The van der Waals surface area contributed by atoms with Crippen LogP contribution < -0.4 is 0 Å². The quantitative estimate of drug-likeness (QED) is 0.300. The van der Waals surface area contributed by atoms with Gasteiger partial charge in [-0.15, -0.1) is 0 Å². The van der Waals surface area contributed by atoms with Crippen molar-refractivity contribution in [2.24, 2.45) is 0 Å². The highest BCUT2D eigenvalue weighted by Gasteiger charge is 2.23. The molecule has 0 heterocycles. The van der Waals surface area contributed by atoms with E-state index in [9.17, 15) is 13.5 Å². The molecule has 0 radical (unpaired) electrons. The largest absolute Gasteiger partial charge is 0.393 e. The van der Waals surface area contributed by atoms with Crippen LogP contribution in [0, 0.1) is 0 Å². The van der Waals surface area contributed by atoms with E-state index in [1.54, 1.807) is 6.92 Å². The molecule has 0 bridgehead atoms. The zero-order valence-electron chi connectivity index (χ0n) is 15.2. The first-order valence-corrected chi connectivity index (χ1v) is 11.0. The lowest BCUT2D eigenvalue weighted by atomic mass is 10.0. The lowest BCUT2D eigenvalue weighted by molar-refractivity contribution is 0.179. The summed E-state index contributed by atoms with van der Waals surface area (Å²) in [4.78, 5) is 0. The second-order valence-corrected chi connectivity index (χ2v) is 8.60. The zero-order valence-corrected chi connectivity index (χ0v) is 16.0. The van der Waals surface area contributed by atoms with Gasteiger partial charge in [-0.25, -0.2) is 0 Å². The second-order valence-electron chi connectivity index (χ2n) is 6.90. The van der Waals surface area contributed by atoms with Crippen molar-refractivity contribution in [3.8, 4) is 0 Å². The molecule has 4 nitrogen and oxygen atoms in total. The van der Waals surface area contributed by atoms with E-state index < -0.39 is 21.5 Å². The van der Waals surface area contributed by atoms with E-state index in [1.807, 2.05) is 0 Å². The number of hydrogen-bond donors (Lipinski definition) is 2. The molecule has 0 aliphatic carbocycles. The Hall–Kier alpha value is -0.130. The zero-order chi connectivity index (χ0) is 17.6. The molecule has 0 fully saturated rings. The van der Waals surface area contributed by atoms with E-state index in [4.69, 9.17) is 4.55 Å². The molecule has 140 valence electrons. The minimum atomic E-state index is -4.03. The van der Waals surface area contributed by atoms with Gasteiger partial charge in [-0.05, 0) is 19.8 Å². The number of rotatable bonds is 16. The van der Waals surface area contributed by atoms with Crippen LogP contribution in [0.1, 0.15) is 104 Å². The highest BCUT2D eigenvalue weighted by molar-refractivity contribution is 7.86. The molecule has 2 unspecified atom stereocenters. The predicted octanol–water partition coefficient (Wildman–Crippen LogP) is 5.10. The molecule has 0 aromatic carbocycles. The van der Waals surface area contributed by atoms with Crippen molar-refractivity contribution in [3.05, 3.63) is 0 Å². The number of aliphatic hydroxyl groups excluding tert-OH is 1. The summed E-state index contributed by atoms with van der Waals surface area (Å²) in [5.41, 5.74) is 0. The van der Waals surface area contributed by atoms with Crippen LogP contribution in [0.25, 0.3) is 0 Å². The summed E-state index contributed by atoms with van der Waals surface area (Å²) in [5.74, 6) is 0. The molecule has 0 aromatic heterocycles. The second kappa shape index (κ2) is 14.2. The van der Waals surface area contributed by atoms with Gasteiger partial charge >= 0.3 is 0 Å². The molecule has 2 N–H and O–H groups in total. The van der Waals surface area contributed by atoms with Crippen molar-refractivity contribution in [3.63, 3.8) is 0 Å². The molecule has 23 heavy (non-hydrogen) atoms. The number of aliphatic hydroxyl groups is 1. The predicted molar refractivity (Wildman–Crippen MR) is 97.3 cm³/mol. The van der Waals surface area contributed by atoms with Crippen LogP contribution in [-0.4, -0.2) is 29.4 Å². The van der Waals surface area contributed by atoms with E-state index >= 15 is 0 Å². The molecule has 5 heteroatoms. The van der Waals surface area contributed by atoms with E-state index in [1.165, 1.54) is 57.8 Å². The lowest BCUT2D eigenvalue weighted by Crippen LogP contribution is -2.24. The first-order chi connectivity index (χ1) is 10.9. The molecule has 0 saturated heterocycles. The first kappa shape index (κ1) is 22.9. The highest BCUT2D eigenvalue weighted by atomic mass is 32.2. The maximum atomic E-state index is 11.2. The van der Waals surface area contributed by atoms with Gasteiger partial charge in [0.2, 0.25) is 0 Å². The van der Waals surface area contributed by atoms with Crippen LogP contribution in [-0.2, 0) is 10.1 Å². The molecule has 0 aliphatic rings. The Labute approximate surface area is 143 Å². The van der Waals surface area contributed by atoms with Crippen LogP contribution >= 0.6 is 0 Å². The fourth-order valence-corrected chi connectivity index (χ4v) is 3.97. The minimum absolute atomic E-state index is 0.122. The average Bonchev–Trinajstić information content (AvgIpc) is 2.45. The maximum absolute atomic E-state index is 11.2. The molecule has 2 atom stereocenters. The Kier molecular flexibility index (Phi) is 14.2. The van der Waals surface area contributed by atoms with Gasteiger partial charge in [-0.1, -0.05) is 84.0 Å². The van der Waals surface area contributed by atoms with E-state index in [2.05, 4.69) is 6.92 Å². The standard InChI is InChI=1S/C18H38O4S/c1-3-4-5-6-7-8-9-10-11-12-13-14-15-18(16-17(2)19)23(20,21)22/h17-19H,3-16H2,1-2H3,(H,20,21,22). The van der Waals surface area contributed by atoms with Gasteiger partial charge < -0.3 is 5.11 Å². The van der Waals surface area contributed by atoms with Crippen molar-refractivity contribution in [2.45, 2.75) is 115 Å². The first-order valence-electron chi connectivity index (χ1n) is 9.52. The molecule has 0 rings (SSSR count). The fraction of sp³-hybridized carbons (Fsp3) is 1.00. The van der Waals surface area contributed by atoms with Gasteiger partial charge in [-0.3, -0.25) is 4.55 Å². The molecule has 0 amide bonds. The SMILES string of the molecule is CCCCCCCCCCCCCCC(CC(C)O)S(=O)(=O)O. The van der Waals surface area contributed by atoms with Crippen molar-refractivity contribution in [1.82, 2.24) is 0 Å². The van der Waals surface area contributed by atoms with Crippen LogP contribution in [0.3, 0.4) is 0 Å². The topological polar surface area (TPSA) is 74.6 Å². The summed E-state index contributed by atoms with van der Waals surface area (Å²) >= 11 is 0. The van der Waals surface area contributed by atoms with Crippen LogP contribution in [0.15, 0.2) is 0 Å². The van der Waals surface area contributed by atoms with Crippen LogP contribution in [0.2, 0.25) is 0 Å². The van der Waals surface area contributed by atoms with Gasteiger partial charge in [-0.2, -0.15) is 8.42 Å². The molecular weight excluding hydrogens is 312 g/mol. The van der Waals surface area contributed by atoms with Gasteiger partial charge in [0, 0.05) is 0 Å². The van der Waals surface area contributed by atoms with E-state index in [0.717, 1.165) is 19.3 Å². The smallest absolute Gasteiger partial charge is 0.267 e. The van der Waals surface area contributed by atoms with Crippen LogP contribution in [0.4, 0.5) is 0 Å². The Balaban J connectivity index is 3.50. The number of hydrogen-bond acceptors (Lipinski definition) is 3. The molecule has 0 aromatic rings. The fourth-order valence-electron chi connectivity index (χ4n) is 2.98. The van der Waals surface area contributed by atoms with Crippen LogP contribution in [0.5, 0.6) is 0 Å². The van der Waals surface area contributed by atoms with Gasteiger partial charge in [0.25, 0.3) is 10.1 Å². The monoisotopic (exact) mass is 350 g/mol. The Bertz CT molecular complexity index is 352. The Morgan fingerprint density at radius 2 is 1.17 bits per heavy atom.